The van der Waals surface area contributed by atoms with Crippen LogP contribution in [-0.4, -0.2) is 6.54 Å². The van der Waals surface area contributed by atoms with Crippen LogP contribution in [0.1, 0.15) is 62.6 Å². The van der Waals surface area contributed by atoms with Crippen LogP contribution >= 0.6 is 0 Å². The summed E-state index contributed by atoms with van der Waals surface area (Å²) in [4.78, 5) is 0. The van der Waals surface area contributed by atoms with Gasteiger partial charge >= 0.3 is 0 Å². The van der Waals surface area contributed by atoms with Crippen molar-refractivity contribution >= 4 is 5.57 Å². The van der Waals surface area contributed by atoms with Crippen LogP contribution in [0.4, 0.5) is 0 Å². The molecule has 0 bridgehead atoms. The highest BCUT2D eigenvalue weighted by Gasteiger charge is 2.25. The van der Waals surface area contributed by atoms with Gasteiger partial charge in [0.1, 0.15) is 0 Å². The molecule has 1 saturated carbocycles. The molecule has 2 aromatic rings. The van der Waals surface area contributed by atoms with Crippen molar-refractivity contribution in [3.05, 3.63) is 65.7 Å². The van der Waals surface area contributed by atoms with Crippen molar-refractivity contribution in [3.63, 3.8) is 0 Å². The largest absolute Gasteiger partial charge is 0.313 e. The van der Waals surface area contributed by atoms with Gasteiger partial charge in [0.15, 0.2) is 0 Å². The van der Waals surface area contributed by atoms with Gasteiger partial charge in [-0.3, -0.25) is 0 Å². The maximum atomic E-state index is 4.26. The highest BCUT2D eigenvalue weighted by Crippen LogP contribution is 2.40. The molecule has 0 amide bonds. The van der Waals surface area contributed by atoms with Gasteiger partial charge in [0.05, 0.1) is 0 Å². The van der Waals surface area contributed by atoms with E-state index in [-0.39, 0.29) is 0 Å². The van der Waals surface area contributed by atoms with Gasteiger partial charge in [0, 0.05) is 6.54 Å². The van der Waals surface area contributed by atoms with Gasteiger partial charge in [-0.05, 0) is 65.6 Å². The quantitative estimate of drug-likeness (QED) is 0.589. The van der Waals surface area contributed by atoms with Crippen LogP contribution in [0.25, 0.3) is 16.7 Å². The molecular weight excluding hydrogens is 302 g/mol. The summed E-state index contributed by atoms with van der Waals surface area (Å²) in [7, 11) is 0. The van der Waals surface area contributed by atoms with Crippen molar-refractivity contribution in [2.24, 2.45) is 5.92 Å². The van der Waals surface area contributed by atoms with Gasteiger partial charge in [-0.15, -0.1) is 0 Å². The van der Waals surface area contributed by atoms with Crippen LogP contribution in [0.2, 0.25) is 0 Å². The number of rotatable bonds is 8. The molecule has 1 nitrogen and oxygen atoms in total. The highest BCUT2D eigenvalue weighted by atomic mass is 14.8. The molecule has 0 aliphatic heterocycles. The second kappa shape index (κ2) is 8.01. The second-order valence-corrected chi connectivity index (χ2v) is 7.60. The lowest BCUT2D eigenvalue weighted by molar-refractivity contribution is 0.618. The van der Waals surface area contributed by atoms with E-state index in [0.717, 1.165) is 19.0 Å². The first kappa shape index (κ1) is 17.9. The van der Waals surface area contributed by atoms with Gasteiger partial charge in [0.2, 0.25) is 0 Å². The normalized spacial score (nSPS) is 15.2. The molecule has 0 spiro atoms. The Morgan fingerprint density at radius 1 is 1.20 bits per heavy atom. The molecule has 0 radical (unpaired) electrons. The number of allylic oxidation sites excluding steroid dienone is 1. The Kier molecular flexibility index (Phi) is 5.75. The van der Waals surface area contributed by atoms with Gasteiger partial charge in [-0.1, -0.05) is 75.2 Å². The van der Waals surface area contributed by atoms with Gasteiger partial charge < -0.3 is 5.32 Å². The molecule has 132 valence electrons. The summed E-state index contributed by atoms with van der Waals surface area (Å²) in [6.07, 6.45) is 4.15. The van der Waals surface area contributed by atoms with Crippen molar-refractivity contribution in [1.29, 1.82) is 0 Å². The van der Waals surface area contributed by atoms with Gasteiger partial charge in [0.25, 0.3) is 0 Å². The van der Waals surface area contributed by atoms with Crippen molar-refractivity contribution < 1.29 is 0 Å². The smallest absolute Gasteiger partial charge is 0.0211 e. The predicted octanol–water partition coefficient (Wildman–Crippen LogP) is 6.40. The topological polar surface area (TPSA) is 12.0 Å². The number of hydrogen-bond acceptors (Lipinski definition) is 1. The molecule has 2 aromatic carbocycles. The maximum absolute atomic E-state index is 4.26. The third kappa shape index (κ3) is 4.41. The Hall–Kier alpha value is -1.86. The lowest BCUT2D eigenvalue weighted by Gasteiger charge is -2.19. The first-order chi connectivity index (χ1) is 12.1. The lowest BCUT2D eigenvalue weighted by Crippen LogP contribution is -2.12. The Bertz CT molecular complexity index is 740. The first-order valence-corrected chi connectivity index (χ1v) is 9.69. The minimum Gasteiger partial charge on any atom is -0.313 e. The van der Waals surface area contributed by atoms with Gasteiger partial charge in [-0.2, -0.15) is 0 Å². The van der Waals surface area contributed by atoms with E-state index in [0.29, 0.717) is 5.92 Å². The van der Waals surface area contributed by atoms with E-state index in [2.05, 4.69) is 75.1 Å². The molecule has 25 heavy (non-hydrogen) atoms. The summed E-state index contributed by atoms with van der Waals surface area (Å²) in [5.41, 5.74) is 7.96. The SMILES string of the molecule is C=C(C)c1cc(-c2ccccc2CNCC)ccc1C(C)CC1CC1. The molecule has 1 fully saturated rings. The predicted molar refractivity (Wildman–Crippen MR) is 110 cm³/mol. The van der Waals surface area contributed by atoms with E-state index in [4.69, 9.17) is 0 Å². The molecule has 1 heteroatoms. The molecule has 1 aliphatic carbocycles. The standard InChI is InChI=1S/C24H31N/c1-5-25-16-21-8-6-7-9-23(21)20-12-13-22(24(15-20)17(2)3)18(4)14-19-10-11-19/h6-9,12-13,15,18-19,25H,2,5,10-11,14,16H2,1,3-4H3. The Morgan fingerprint density at radius 2 is 1.96 bits per heavy atom. The molecular formula is C24H31N. The van der Waals surface area contributed by atoms with E-state index in [1.807, 2.05) is 0 Å². The van der Waals surface area contributed by atoms with Crippen molar-refractivity contribution in [3.8, 4) is 11.1 Å². The average Bonchev–Trinajstić information content (AvgIpc) is 3.43. The van der Waals surface area contributed by atoms with Crippen LogP contribution in [0, 0.1) is 5.92 Å². The van der Waals surface area contributed by atoms with E-state index < -0.39 is 0 Å². The highest BCUT2D eigenvalue weighted by molar-refractivity contribution is 5.75. The van der Waals surface area contributed by atoms with Crippen LogP contribution < -0.4 is 5.32 Å². The summed E-state index contributed by atoms with van der Waals surface area (Å²) in [5, 5.41) is 3.45. The van der Waals surface area contributed by atoms with Crippen LogP contribution in [0.15, 0.2) is 49.0 Å². The lowest BCUT2D eigenvalue weighted by atomic mass is 9.86. The first-order valence-electron chi connectivity index (χ1n) is 9.69. The summed E-state index contributed by atoms with van der Waals surface area (Å²) in [6.45, 7) is 12.8. The number of hydrogen-bond donors (Lipinski definition) is 1. The van der Waals surface area contributed by atoms with Crippen LogP contribution in [0.3, 0.4) is 0 Å². The van der Waals surface area contributed by atoms with Crippen molar-refractivity contribution in [2.75, 3.05) is 6.54 Å². The average molecular weight is 334 g/mol. The zero-order valence-electron chi connectivity index (χ0n) is 15.9. The van der Waals surface area contributed by atoms with Crippen LogP contribution in [-0.2, 0) is 6.54 Å². The number of benzene rings is 2. The maximum Gasteiger partial charge on any atom is 0.0211 e. The van der Waals surface area contributed by atoms with E-state index in [9.17, 15) is 0 Å². The molecule has 3 rings (SSSR count). The van der Waals surface area contributed by atoms with E-state index in [1.165, 1.54) is 52.7 Å². The third-order valence-electron chi connectivity index (χ3n) is 5.32. The van der Waals surface area contributed by atoms with Gasteiger partial charge in [-0.25, -0.2) is 0 Å². The fourth-order valence-electron chi connectivity index (χ4n) is 3.72. The van der Waals surface area contributed by atoms with E-state index >= 15 is 0 Å². The molecule has 1 N–H and O–H groups in total. The molecule has 0 saturated heterocycles. The number of nitrogens with one attached hydrogen (secondary N) is 1. The second-order valence-electron chi connectivity index (χ2n) is 7.60. The van der Waals surface area contributed by atoms with Crippen LogP contribution in [0.5, 0.6) is 0 Å². The summed E-state index contributed by atoms with van der Waals surface area (Å²) in [5.74, 6) is 1.57. The Morgan fingerprint density at radius 3 is 2.64 bits per heavy atom. The molecule has 1 aliphatic rings. The third-order valence-corrected chi connectivity index (χ3v) is 5.32. The molecule has 0 aromatic heterocycles. The van der Waals surface area contributed by atoms with Crippen molar-refractivity contribution in [2.45, 2.75) is 52.5 Å². The summed E-state index contributed by atoms with van der Waals surface area (Å²) < 4.78 is 0. The Labute approximate surface area is 153 Å². The summed E-state index contributed by atoms with van der Waals surface area (Å²) in [6, 6.07) is 15.7. The minimum absolute atomic E-state index is 0.616. The zero-order chi connectivity index (χ0) is 17.8. The van der Waals surface area contributed by atoms with Crippen molar-refractivity contribution in [1.82, 2.24) is 5.32 Å². The fraction of sp³-hybridized carbons (Fsp3) is 0.417. The fourth-order valence-corrected chi connectivity index (χ4v) is 3.72. The minimum atomic E-state index is 0.616. The molecule has 1 atom stereocenters. The van der Waals surface area contributed by atoms with E-state index in [1.54, 1.807) is 0 Å². The molecule has 1 unspecified atom stereocenters. The summed E-state index contributed by atoms with van der Waals surface area (Å²) >= 11 is 0. The molecule has 0 heterocycles. The Balaban J connectivity index is 1.95. The monoisotopic (exact) mass is 333 g/mol. The zero-order valence-corrected chi connectivity index (χ0v) is 15.9.